The normalized spacial score (nSPS) is 17.1. The number of carboxylic acid groups (broad SMARTS) is 1. The topological polar surface area (TPSA) is 148 Å². The van der Waals surface area contributed by atoms with Gasteiger partial charge in [0.2, 0.25) is 5.91 Å². The van der Waals surface area contributed by atoms with Gasteiger partial charge >= 0.3 is 12.3 Å². The largest absolute Gasteiger partial charge is 0.513 e. The zero-order valence-electron chi connectivity index (χ0n) is 21.7. The second-order valence-corrected chi connectivity index (χ2v) is 9.12. The summed E-state index contributed by atoms with van der Waals surface area (Å²) in [5, 5.41) is 16.4. The van der Waals surface area contributed by atoms with Crippen LogP contribution in [0, 0.1) is 5.92 Å². The number of carbonyl (C=O) groups excluding carboxylic acids is 2. The van der Waals surface area contributed by atoms with Gasteiger partial charge < -0.3 is 24.6 Å². The molecule has 1 unspecified atom stereocenters. The van der Waals surface area contributed by atoms with Gasteiger partial charge in [0, 0.05) is 31.2 Å². The second-order valence-electron chi connectivity index (χ2n) is 9.12. The lowest BCUT2D eigenvalue weighted by Crippen LogP contribution is -2.30. The van der Waals surface area contributed by atoms with Gasteiger partial charge in [0.15, 0.2) is 0 Å². The third kappa shape index (κ3) is 7.44. The van der Waals surface area contributed by atoms with Gasteiger partial charge in [0.05, 0.1) is 29.6 Å². The van der Waals surface area contributed by atoms with E-state index in [1.165, 1.54) is 0 Å². The second kappa shape index (κ2) is 12.7. The number of nitrogens with one attached hydrogen (secondary N) is 2. The van der Waals surface area contributed by atoms with Crippen molar-refractivity contribution in [3.63, 3.8) is 0 Å². The highest BCUT2D eigenvalue weighted by Crippen LogP contribution is 2.34. The Balaban J connectivity index is 1.36. The monoisotopic (exact) mass is 534 g/mol. The standard InChI is InChI=1S/C28H30N4O7/c1-17-25(38-27(34)35)22(11-10-21-5-3-4-15-29-21)26(18(2)30-17)39-28(36)37-16-14-19-6-8-20(9-7-19)23-12-13-24(33)32-31-23/h3-9,15,22,30H,10-14,16H2,1-2H3,(H,32,33)(H,34,35). The summed E-state index contributed by atoms with van der Waals surface area (Å²) in [7, 11) is 0. The number of ether oxygens (including phenoxy) is 3. The first kappa shape index (κ1) is 27.4. The molecule has 0 saturated carbocycles. The summed E-state index contributed by atoms with van der Waals surface area (Å²) in [6.07, 6.45) is 1.70. The Kier molecular flexibility index (Phi) is 8.93. The molecule has 1 aromatic carbocycles. The van der Waals surface area contributed by atoms with Crippen LogP contribution in [0.25, 0.3) is 0 Å². The highest BCUT2D eigenvalue weighted by atomic mass is 16.7. The Hall–Kier alpha value is -4.67. The zero-order valence-corrected chi connectivity index (χ0v) is 21.7. The highest BCUT2D eigenvalue weighted by molar-refractivity contribution is 6.04. The minimum atomic E-state index is -1.46. The molecule has 3 heterocycles. The number of allylic oxidation sites excluding steroid dienone is 2. The summed E-state index contributed by atoms with van der Waals surface area (Å²) in [4.78, 5) is 39.6. The number of amides is 1. The first-order valence-electron chi connectivity index (χ1n) is 12.6. The predicted molar refractivity (Wildman–Crippen MR) is 140 cm³/mol. The van der Waals surface area contributed by atoms with Crippen LogP contribution in [0.2, 0.25) is 0 Å². The van der Waals surface area contributed by atoms with Crippen molar-refractivity contribution in [3.8, 4) is 0 Å². The van der Waals surface area contributed by atoms with Crippen LogP contribution in [0.1, 0.15) is 49.9 Å². The molecule has 11 nitrogen and oxygen atoms in total. The molecule has 204 valence electrons. The van der Waals surface area contributed by atoms with E-state index in [1.54, 1.807) is 20.0 Å². The molecule has 0 aliphatic carbocycles. The maximum atomic E-state index is 12.6. The number of nitrogens with zero attached hydrogens (tertiary/aromatic N) is 2. The number of aryl methyl sites for hydroxylation is 1. The van der Waals surface area contributed by atoms with E-state index in [4.69, 9.17) is 14.2 Å². The van der Waals surface area contributed by atoms with Crippen molar-refractivity contribution in [2.45, 2.75) is 46.0 Å². The van der Waals surface area contributed by atoms with Crippen LogP contribution in [0.5, 0.6) is 0 Å². The maximum Gasteiger partial charge on any atom is 0.513 e. The van der Waals surface area contributed by atoms with Crippen LogP contribution < -0.4 is 10.7 Å². The zero-order chi connectivity index (χ0) is 27.8. The number of rotatable bonds is 9. The summed E-state index contributed by atoms with van der Waals surface area (Å²) >= 11 is 0. The third-order valence-corrected chi connectivity index (χ3v) is 6.36. The highest BCUT2D eigenvalue weighted by Gasteiger charge is 2.33. The molecule has 4 rings (SSSR count). The van der Waals surface area contributed by atoms with Crippen LogP contribution >= 0.6 is 0 Å². The molecule has 3 N–H and O–H groups in total. The van der Waals surface area contributed by atoms with E-state index >= 15 is 0 Å². The van der Waals surface area contributed by atoms with Gasteiger partial charge in [-0.15, -0.1) is 0 Å². The van der Waals surface area contributed by atoms with E-state index in [0.717, 1.165) is 22.5 Å². The molecule has 1 amide bonds. The van der Waals surface area contributed by atoms with E-state index in [9.17, 15) is 19.5 Å². The van der Waals surface area contributed by atoms with Gasteiger partial charge in [-0.05, 0) is 49.9 Å². The number of pyridine rings is 1. The maximum absolute atomic E-state index is 12.6. The quantitative estimate of drug-likeness (QED) is 0.398. The number of hydrazone groups is 1. The molecule has 0 fully saturated rings. The molecule has 2 aliphatic rings. The Morgan fingerprint density at radius 3 is 2.38 bits per heavy atom. The minimum absolute atomic E-state index is 0.0842. The van der Waals surface area contributed by atoms with E-state index in [-0.39, 0.29) is 24.0 Å². The summed E-state index contributed by atoms with van der Waals surface area (Å²) < 4.78 is 16.0. The van der Waals surface area contributed by atoms with Gasteiger partial charge in [-0.1, -0.05) is 30.3 Å². The van der Waals surface area contributed by atoms with Gasteiger partial charge in [-0.3, -0.25) is 9.78 Å². The van der Waals surface area contributed by atoms with Gasteiger partial charge in [0.1, 0.15) is 11.5 Å². The average molecular weight is 535 g/mol. The lowest BCUT2D eigenvalue weighted by atomic mass is 9.92. The molecular weight excluding hydrogens is 504 g/mol. The molecular formula is C28H30N4O7. The van der Waals surface area contributed by atoms with E-state index < -0.39 is 18.2 Å². The van der Waals surface area contributed by atoms with Crippen molar-refractivity contribution in [1.82, 2.24) is 15.7 Å². The SMILES string of the molecule is CC1=C(OC(=O)O)C(CCc2ccccn2)C(OC(=O)OCCc2ccc(C3=NNC(=O)CC3)cc2)=C(C)N1. The number of hydrogen-bond donors (Lipinski definition) is 3. The fourth-order valence-corrected chi connectivity index (χ4v) is 4.45. The molecule has 0 spiro atoms. The van der Waals surface area contributed by atoms with Crippen molar-refractivity contribution < 1.29 is 33.7 Å². The van der Waals surface area contributed by atoms with Crippen LogP contribution in [0.4, 0.5) is 9.59 Å². The summed E-state index contributed by atoms with van der Waals surface area (Å²) in [5.74, 6) is -0.320. The molecule has 2 aromatic rings. The van der Waals surface area contributed by atoms with Gasteiger partial charge in [-0.2, -0.15) is 5.10 Å². The first-order valence-corrected chi connectivity index (χ1v) is 12.6. The van der Waals surface area contributed by atoms with E-state index in [0.29, 0.717) is 43.5 Å². The fraction of sp³-hybridized carbons (Fsp3) is 0.321. The average Bonchev–Trinajstić information content (AvgIpc) is 2.92. The molecule has 0 bridgehead atoms. The van der Waals surface area contributed by atoms with Crippen molar-refractivity contribution >= 4 is 23.9 Å². The van der Waals surface area contributed by atoms with Crippen molar-refractivity contribution in [1.29, 1.82) is 0 Å². The molecule has 1 aromatic heterocycles. The van der Waals surface area contributed by atoms with Crippen LogP contribution in [-0.4, -0.2) is 40.6 Å². The Morgan fingerprint density at radius 2 is 1.74 bits per heavy atom. The van der Waals surface area contributed by atoms with Crippen molar-refractivity contribution in [2.24, 2.45) is 11.0 Å². The number of dihydropyridines is 1. The number of carbonyl (C=O) groups is 3. The lowest BCUT2D eigenvalue weighted by molar-refractivity contribution is -0.121. The molecule has 0 radical (unpaired) electrons. The summed E-state index contributed by atoms with van der Waals surface area (Å²) in [6, 6.07) is 13.2. The third-order valence-electron chi connectivity index (χ3n) is 6.36. The number of hydrogen-bond acceptors (Lipinski definition) is 9. The lowest BCUT2D eigenvalue weighted by Gasteiger charge is -2.29. The van der Waals surface area contributed by atoms with Gasteiger partial charge in [0.25, 0.3) is 0 Å². The molecule has 2 aliphatic heterocycles. The Morgan fingerprint density at radius 1 is 1.00 bits per heavy atom. The van der Waals surface area contributed by atoms with Crippen molar-refractivity contribution in [2.75, 3.05) is 6.61 Å². The summed E-state index contributed by atoms with van der Waals surface area (Å²) in [6.45, 7) is 3.52. The van der Waals surface area contributed by atoms with Gasteiger partial charge in [-0.25, -0.2) is 15.0 Å². The molecule has 39 heavy (non-hydrogen) atoms. The Labute approximate surface area is 225 Å². The summed E-state index contributed by atoms with van der Waals surface area (Å²) in [5.41, 5.74) is 7.07. The molecule has 11 heteroatoms. The van der Waals surface area contributed by atoms with Crippen molar-refractivity contribution in [3.05, 3.63) is 88.4 Å². The minimum Gasteiger partial charge on any atom is -0.449 e. The first-order chi connectivity index (χ1) is 18.8. The van der Waals surface area contributed by atoms with E-state index in [2.05, 4.69) is 20.8 Å². The molecule has 1 atom stereocenters. The fourth-order valence-electron chi connectivity index (χ4n) is 4.45. The number of benzene rings is 1. The smallest absolute Gasteiger partial charge is 0.449 e. The van der Waals surface area contributed by atoms with E-state index in [1.807, 2.05) is 42.5 Å². The number of aromatic nitrogens is 1. The van der Waals surface area contributed by atoms with Crippen LogP contribution in [0.15, 0.2) is 76.7 Å². The molecule has 0 saturated heterocycles. The van der Waals surface area contributed by atoms with Crippen LogP contribution in [-0.2, 0) is 31.8 Å². The van der Waals surface area contributed by atoms with Crippen LogP contribution in [0.3, 0.4) is 0 Å². The predicted octanol–water partition coefficient (Wildman–Crippen LogP) is 4.40. The Bertz CT molecular complexity index is 1320.